The number of hydrogen-bond acceptors (Lipinski definition) is 1. The molecule has 1 aromatic rings. The Balaban J connectivity index is 2.91. The second-order valence-corrected chi connectivity index (χ2v) is 5.42. The Morgan fingerprint density at radius 1 is 1.56 bits per heavy atom. The molecule has 0 spiro atoms. The van der Waals surface area contributed by atoms with Gasteiger partial charge in [0.15, 0.2) is 0 Å². The first kappa shape index (κ1) is 13.3. The minimum atomic E-state index is -0.660. The van der Waals surface area contributed by atoms with Crippen LogP contribution >= 0.6 is 34.2 Å². The Morgan fingerprint density at radius 3 is 2.69 bits per heavy atom. The maximum absolute atomic E-state index is 11.8. The van der Waals surface area contributed by atoms with Crippen molar-refractivity contribution in [1.82, 2.24) is 5.32 Å². The fraction of sp³-hybridized carbons (Fsp3) is 0.250. The molecule has 0 atom stereocenters. The zero-order valence-electron chi connectivity index (χ0n) is 8.97. The lowest BCUT2D eigenvalue weighted by molar-refractivity contribution is 0.0930. The van der Waals surface area contributed by atoms with Crippen LogP contribution in [0.2, 0.25) is 5.02 Å². The molecule has 1 N–H and O–H groups in total. The molecule has 0 heterocycles. The van der Waals surface area contributed by atoms with Crippen molar-refractivity contribution in [2.75, 3.05) is 0 Å². The van der Waals surface area contributed by atoms with E-state index in [2.05, 4.69) is 33.8 Å². The minimum Gasteiger partial charge on any atom is -0.336 e. The first-order valence-electron chi connectivity index (χ1n) is 4.61. The third-order valence-electron chi connectivity index (χ3n) is 1.97. The van der Waals surface area contributed by atoms with Gasteiger partial charge in [0.2, 0.25) is 0 Å². The summed E-state index contributed by atoms with van der Waals surface area (Å²) < 4.78 is 0.909. The van der Waals surface area contributed by atoms with Crippen LogP contribution in [0.4, 0.5) is 0 Å². The molecule has 0 aromatic heterocycles. The summed E-state index contributed by atoms with van der Waals surface area (Å²) in [6, 6.07) is 5.14. The van der Waals surface area contributed by atoms with E-state index in [9.17, 15) is 4.79 Å². The first-order valence-corrected chi connectivity index (χ1v) is 6.07. The lowest BCUT2D eigenvalue weighted by Crippen LogP contribution is -2.42. The van der Waals surface area contributed by atoms with Crippen molar-refractivity contribution in [2.24, 2.45) is 0 Å². The molecule has 16 heavy (non-hydrogen) atoms. The molecule has 0 saturated heterocycles. The van der Waals surface area contributed by atoms with E-state index in [1.54, 1.807) is 32.0 Å². The molecule has 4 heteroatoms. The highest BCUT2D eigenvalue weighted by Crippen LogP contribution is 2.19. The first-order chi connectivity index (χ1) is 7.35. The number of halogens is 2. The van der Waals surface area contributed by atoms with Crippen molar-refractivity contribution in [1.29, 1.82) is 0 Å². The zero-order valence-corrected chi connectivity index (χ0v) is 11.9. The highest BCUT2D eigenvalue weighted by Gasteiger charge is 2.18. The van der Waals surface area contributed by atoms with E-state index >= 15 is 0 Å². The summed E-state index contributed by atoms with van der Waals surface area (Å²) in [5, 5.41) is 3.29. The summed E-state index contributed by atoms with van der Waals surface area (Å²) >= 11 is 8.04. The third kappa shape index (κ3) is 3.39. The van der Waals surface area contributed by atoms with Gasteiger partial charge in [-0.15, -0.1) is 6.42 Å². The Hall–Kier alpha value is -0.730. The van der Waals surface area contributed by atoms with E-state index in [-0.39, 0.29) is 5.91 Å². The van der Waals surface area contributed by atoms with E-state index in [0.29, 0.717) is 10.6 Å². The van der Waals surface area contributed by atoms with E-state index < -0.39 is 5.54 Å². The summed E-state index contributed by atoms with van der Waals surface area (Å²) in [7, 11) is 0. The van der Waals surface area contributed by atoms with Gasteiger partial charge in [0.1, 0.15) is 0 Å². The molecule has 1 rings (SSSR count). The van der Waals surface area contributed by atoms with Crippen LogP contribution in [0.3, 0.4) is 0 Å². The maximum atomic E-state index is 11.8. The maximum Gasteiger partial charge on any atom is 0.252 e. The van der Waals surface area contributed by atoms with E-state index in [1.165, 1.54) is 0 Å². The van der Waals surface area contributed by atoms with Crippen molar-refractivity contribution in [2.45, 2.75) is 19.4 Å². The van der Waals surface area contributed by atoms with E-state index in [4.69, 9.17) is 18.0 Å². The van der Waals surface area contributed by atoms with Crippen LogP contribution in [0.25, 0.3) is 0 Å². The van der Waals surface area contributed by atoms with Crippen LogP contribution in [0.15, 0.2) is 18.2 Å². The summed E-state index contributed by atoms with van der Waals surface area (Å²) in [6.07, 6.45) is 5.29. The highest BCUT2D eigenvalue weighted by molar-refractivity contribution is 14.1. The van der Waals surface area contributed by atoms with Crippen molar-refractivity contribution >= 4 is 40.1 Å². The molecule has 1 aromatic carbocycles. The standard InChI is InChI=1S/C12H11ClINO/c1-4-12(2,3)15-11(16)8-5-6-10(14)9(13)7-8/h1,5-7H,2-3H3,(H,15,16). The smallest absolute Gasteiger partial charge is 0.252 e. The van der Waals surface area contributed by atoms with Gasteiger partial charge in [-0.2, -0.15) is 0 Å². The minimum absolute atomic E-state index is 0.221. The Morgan fingerprint density at radius 2 is 2.19 bits per heavy atom. The van der Waals surface area contributed by atoms with Gasteiger partial charge in [-0.25, -0.2) is 0 Å². The molecule has 0 aliphatic rings. The molecule has 0 bridgehead atoms. The fourth-order valence-corrected chi connectivity index (χ4v) is 1.55. The molecule has 0 fully saturated rings. The Kier molecular flexibility index (Phi) is 4.22. The topological polar surface area (TPSA) is 29.1 Å². The number of carbonyl (C=O) groups excluding carboxylic acids is 1. The van der Waals surface area contributed by atoms with Crippen molar-refractivity contribution in [3.05, 3.63) is 32.4 Å². The van der Waals surface area contributed by atoms with Crippen LogP contribution in [0.5, 0.6) is 0 Å². The van der Waals surface area contributed by atoms with Gasteiger partial charge < -0.3 is 5.32 Å². The van der Waals surface area contributed by atoms with Gasteiger partial charge in [0, 0.05) is 9.13 Å². The molecule has 0 saturated carbocycles. The second-order valence-electron chi connectivity index (χ2n) is 3.85. The van der Waals surface area contributed by atoms with Crippen molar-refractivity contribution < 1.29 is 4.79 Å². The van der Waals surface area contributed by atoms with Gasteiger partial charge in [-0.3, -0.25) is 4.79 Å². The highest BCUT2D eigenvalue weighted by atomic mass is 127. The number of rotatable bonds is 2. The van der Waals surface area contributed by atoms with Crippen LogP contribution in [-0.4, -0.2) is 11.4 Å². The Labute approximate surface area is 114 Å². The van der Waals surface area contributed by atoms with E-state index in [1.807, 2.05) is 0 Å². The molecule has 0 radical (unpaired) electrons. The van der Waals surface area contributed by atoms with Crippen molar-refractivity contribution in [3.63, 3.8) is 0 Å². The van der Waals surface area contributed by atoms with Gasteiger partial charge in [-0.1, -0.05) is 17.5 Å². The van der Waals surface area contributed by atoms with Gasteiger partial charge in [0.05, 0.1) is 10.6 Å². The third-order valence-corrected chi connectivity index (χ3v) is 3.54. The predicted octanol–water partition coefficient (Wildman–Crippen LogP) is 3.09. The Bertz CT molecular complexity index is 463. The molecule has 0 aliphatic carbocycles. The second kappa shape index (κ2) is 5.07. The molecule has 1 amide bonds. The number of benzene rings is 1. The molecular weight excluding hydrogens is 336 g/mol. The van der Waals surface area contributed by atoms with Crippen LogP contribution < -0.4 is 5.32 Å². The number of nitrogens with one attached hydrogen (secondary N) is 1. The quantitative estimate of drug-likeness (QED) is 0.646. The lowest BCUT2D eigenvalue weighted by atomic mass is 10.1. The molecular formula is C12H11ClINO. The summed E-state index contributed by atoms with van der Waals surface area (Å²) in [5.74, 6) is 2.28. The molecule has 0 unspecified atom stereocenters. The average Bonchev–Trinajstić information content (AvgIpc) is 2.21. The largest absolute Gasteiger partial charge is 0.336 e. The van der Waals surface area contributed by atoms with Crippen LogP contribution in [0.1, 0.15) is 24.2 Å². The van der Waals surface area contributed by atoms with Crippen molar-refractivity contribution in [3.8, 4) is 12.3 Å². The average molecular weight is 348 g/mol. The van der Waals surface area contributed by atoms with Crippen LogP contribution in [-0.2, 0) is 0 Å². The zero-order chi connectivity index (χ0) is 12.3. The number of amides is 1. The molecule has 0 aliphatic heterocycles. The van der Waals surface area contributed by atoms with Gasteiger partial charge in [0.25, 0.3) is 5.91 Å². The monoisotopic (exact) mass is 347 g/mol. The molecule has 2 nitrogen and oxygen atoms in total. The van der Waals surface area contributed by atoms with Gasteiger partial charge >= 0.3 is 0 Å². The number of carbonyl (C=O) groups is 1. The predicted molar refractivity (Wildman–Crippen MR) is 74.5 cm³/mol. The number of terminal acetylenes is 1. The number of hydrogen-bond donors (Lipinski definition) is 1. The lowest BCUT2D eigenvalue weighted by Gasteiger charge is -2.19. The summed E-state index contributed by atoms with van der Waals surface area (Å²) in [6.45, 7) is 3.53. The molecule has 84 valence electrons. The normalized spacial score (nSPS) is 10.7. The SMILES string of the molecule is C#CC(C)(C)NC(=O)c1ccc(I)c(Cl)c1. The van der Waals surface area contributed by atoms with Crippen LogP contribution in [0, 0.1) is 15.9 Å². The van der Waals surface area contributed by atoms with Gasteiger partial charge in [-0.05, 0) is 54.6 Å². The summed E-state index contributed by atoms with van der Waals surface area (Å²) in [5.41, 5.74) is -0.152. The fourth-order valence-electron chi connectivity index (χ4n) is 1.03. The van der Waals surface area contributed by atoms with E-state index in [0.717, 1.165) is 3.57 Å². The summed E-state index contributed by atoms with van der Waals surface area (Å²) in [4.78, 5) is 11.8.